The molecule has 0 aromatic carbocycles. The normalized spacial score (nSPS) is 16.6. The van der Waals surface area contributed by atoms with Crippen LogP contribution in [0.25, 0.3) is 0 Å². The summed E-state index contributed by atoms with van der Waals surface area (Å²) in [5.41, 5.74) is 1.02. The van der Waals surface area contributed by atoms with Crippen LogP contribution in [0.2, 0.25) is 0 Å². The fraction of sp³-hybridized carbons (Fsp3) is 0.556. The van der Waals surface area contributed by atoms with Gasteiger partial charge in [-0.25, -0.2) is 13.4 Å². The fourth-order valence-corrected chi connectivity index (χ4v) is 2.33. The van der Waals surface area contributed by atoms with E-state index in [1.165, 1.54) is 6.26 Å². The SMILES string of the molecule is CS(=O)(=O)Cc1nc(=S)cc(C2CC2)[nH]1. The van der Waals surface area contributed by atoms with Crippen molar-refractivity contribution in [2.24, 2.45) is 0 Å². The van der Waals surface area contributed by atoms with Gasteiger partial charge in [0.05, 0.1) is 0 Å². The van der Waals surface area contributed by atoms with Gasteiger partial charge in [-0.1, -0.05) is 12.2 Å². The summed E-state index contributed by atoms with van der Waals surface area (Å²) in [6.45, 7) is 0. The molecule has 1 saturated carbocycles. The molecule has 0 amide bonds. The molecule has 82 valence electrons. The van der Waals surface area contributed by atoms with Crippen LogP contribution in [-0.4, -0.2) is 24.6 Å². The molecule has 15 heavy (non-hydrogen) atoms. The summed E-state index contributed by atoms with van der Waals surface area (Å²) < 4.78 is 22.7. The third-order valence-corrected chi connectivity index (χ3v) is 3.24. The molecule has 0 saturated heterocycles. The van der Waals surface area contributed by atoms with Gasteiger partial charge < -0.3 is 4.98 Å². The van der Waals surface area contributed by atoms with Crippen molar-refractivity contribution in [1.82, 2.24) is 9.97 Å². The van der Waals surface area contributed by atoms with Crippen molar-refractivity contribution in [3.8, 4) is 0 Å². The van der Waals surface area contributed by atoms with Crippen LogP contribution in [0.3, 0.4) is 0 Å². The molecule has 1 fully saturated rings. The van der Waals surface area contributed by atoms with E-state index in [0.717, 1.165) is 18.5 Å². The van der Waals surface area contributed by atoms with Gasteiger partial charge >= 0.3 is 0 Å². The first-order chi connectivity index (χ1) is 6.94. The number of rotatable bonds is 3. The Kier molecular flexibility index (Phi) is 2.64. The molecule has 1 aliphatic rings. The van der Waals surface area contributed by atoms with E-state index in [2.05, 4.69) is 9.97 Å². The Balaban J connectivity index is 2.35. The van der Waals surface area contributed by atoms with Gasteiger partial charge in [-0.2, -0.15) is 0 Å². The number of hydrogen-bond donors (Lipinski definition) is 1. The maximum absolute atomic E-state index is 11.1. The highest BCUT2D eigenvalue weighted by atomic mass is 32.2. The van der Waals surface area contributed by atoms with Crippen LogP contribution >= 0.6 is 12.2 Å². The van der Waals surface area contributed by atoms with E-state index >= 15 is 0 Å². The molecule has 1 aromatic rings. The van der Waals surface area contributed by atoms with Gasteiger partial charge in [0.25, 0.3) is 0 Å². The standard InChI is InChI=1S/C9H12N2O2S2/c1-15(12,13)5-8-10-7(6-2-3-6)4-9(14)11-8/h4,6H,2-3,5H2,1H3,(H,10,11,14). The molecule has 0 atom stereocenters. The van der Waals surface area contributed by atoms with E-state index in [-0.39, 0.29) is 5.75 Å². The van der Waals surface area contributed by atoms with Gasteiger partial charge in [0.15, 0.2) is 9.84 Å². The van der Waals surface area contributed by atoms with Crippen LogP contribution in [0.5, 0.6) is 0 Å². The number of aromatic amines is 1. The largest absolute Gasteiger partial charge is 0.346 e. The van der Waals surface area contributed by atoms with Gasteiger partial charge in [-0.05, 0) is 24.8 Å². The summed E-state index contributed by atoms with van der Waals surface area (Å²) >= 11 is 5.00. The molecule has 4 nitrogen and oxygen atoms in total. The zero-order valence-corrected chi connectivity index (χ0v) is 9.99. The van der Waals surface area contributed by atoms with Crippen molar-refractivity contribution in [3.05, 3.63) is 22.2 Å². The second-order valence-corrected chi connectivity index (χ2v) is 6.52. The van der Waals surface area contributed by atoms with Crippen molar-refractivity contribution < 1.29 is 8.42 Å². The third kappa shape index (κ3) is 3.10. The van der Waals surface area contributed by atoms with Gasteiger partial charge in [0.2, 0.25) is 0 Å². The minimum Gasteiger partial charge on any atom is -0.346 e. The van der Waals surface area contributed by atoms with Crippen LogP contribution in [0, 0.1) is 4.64 Å². The highest BCUT2D eigenvalue weighted by Crippen LogP contribution is 2.38. The first-order valence-corrected chi connectivity index (χ1v) is 7.19. The summed E-state index contributed by atoms with van der Waals surface area (Å²) in [7, 11) is -3.06. The molecule has 0 radical (unpaired) electrons. The third-order valence-electron chi connectivity index (χ3n) is 2.23. The molecule has 1 aliphatic carbocycles. The molecule has 0 bridgehead atoms. The summed E-state index contributed by atoms with van der Waals surface area (Å²) in [6.07, 6.45) is 3.48. The van der Waals surface area contributed by atoms with Crippen molar-refractivity contribution in [3.63, 3.8) is 0 Å². The number of sulfone groups is 1. The average molecular weight is 244 g/mol. The number of aromatic nitrogens is 2. The molecule has 2 rings (SSSR count). The summed E-state index contributed by atoms with van der Waals surface area (Å²) in [4.78, 5) is 7.06. The maximum Gasteiger partial charge on any atom is 0.154 e. The zero-order valence-electron chi connectivity index (χ0n) is 8.36. The smallest absolute Gasteiger partial charge is 0.154 e. The maximum atomic E-state index is 11.1. The molecule has 1 N–H and O–H groups in total. The Morgan fingerprint density at radius 1 is 1.60 bits per heavy atom. The Morgan fingerprint density at radius 3 is 2.80 bits per heavy atom. The number of nitrogens with one attached hydrogen (secondary N) is 1. The van der Waals surface area contributed by atoms with E-state index in [1.807, 2.05) is 6.07 Å². The predicted molar refractivity (Wildman–Crippen MR) is 59.9 cm³/mol. The first-order valence-electron chi connectivity index (χ1n) is 4.72. The second kappa shape index (κ2) is 3.68. The lowest BCUT2D eigenvalue weighted by Crippen LogP contribution is -2.06. The minimum atomic E-state index is -3.06. The van der Waals surface area contributed by atoms with Crippen LogP contribution < -0.4 is 0 Å². The number of H-pyrrole nitrogens is 1. The summed E-state index contributed by atoms with van der Waals surface area (Å²) in [5.74, 6) is 0.900. The van der Waals surface area contributed by atoms with E-state index in [4.69, 9.17) is 12.2 Å². The highest BCUT2D eigenvalue weighted by Gasteiger charge is 2.24. The minimum absolute atomic E-state index is 0.0722. The van der Waals surface area contributed by atoms with Crippen LogP contribution in [0.4, 0.5) is 0 Å². The van der Waals surface area contributed by atoms with Crippen LogP contribution in [-0.2, 0) is 15.6 Å². The average Bonchev–Trinajstić information content (AvgIpc) is 2.80. The molecule has 1 aromatic heterocycles. The van der Waals surface area contributed by atoms with Gasteiger partial charge in [-0.3, -0.25) is 0 Å². The second-order valence-electron chi connectivity index (χ2n) is 3.97. The Bertz CT molecular complexity index is 529. The first kappa shape index (κ1) is 10.8. The quantitative estimate of drug-likeness (QED) is 0.820. The van der Waals surface area contributed by atoms with E-state index in [9.17, 15) is 8.42 Å². The zero-order chi connectivity index (χ0) is 11.1. The van der Waals surface area contributed by atoms with E-state index in [1.54, 1.807) is 0 Å². The lowest BCUT2D eigenvalue weighted by atomic mass is 10.3. The van der Waals surface area contributed by atoms with Crippen LogP contribution in [0.15, 0.2) is 6.07 Å². The van der Waals surface area contributed by atoms with Crippen molar-refractivity contribution in [2.45, 2.75) is 24.5 Å². The predicted octanol–water partition coefficient (Wildman–Crippen LogP) is 1.56. The monoisotopic (exact) mass is 244 g/mol. The van der Waals surface area contributed by atoms with Gasteiger partial charge in [0, 0.05) is 11.9 Å². The molecular formula is C9H12N2O2S2. The molecule has 1 heterocycles. The summed E-state index contributed by atoms with van der Waals surface area (Å²) in [6, 6.07) is 1.82. The van der Waals surface area contributed by atoms with Gasteiger partial charge in [0.1, 0.15) is 16.2 Å². The van der Waals surface area contributed by atoms with Crippen molar-refractivity contribution in [1.29, 1.82) is 0 Å². The molecule has 0 unspecified atom stereocenters. The van der Waals surface area contributed by atoms with E-state index in [0.29, 0.717) is 16.4 Å². The Labute approximate surface area is 93.7 Å². The number of hydrogen-bond acceptors (Lipinski definition) is 4. The fourth-order valence-electron chi connectivity index (χ4n) is 1.46. The topological polar surface area (TPSA) is 62.8 Å². The molecule has 6 heteroatoms. The van der Waals surface area contributed by atoms with Crippen molar-refractivity contribution >= 4 is 22.1 Å². The molecule has 0 spiro atoms. The molecule has 0 aliphatic heterocycles. The summed E-state index contributed by atoms with van der Waals surface area (Å²) in [5, 5.41) is 0. The highest BCUT2D eigenvalue weighted by molar-refractivity contribution is 7.89. The Morgan fingerprint density at radius 2 is 2.27 bits per heavy atom. The Hall–Kier alpha value is -0.750. The van der Waals surface area contributed by atoms with E-state index < -0.39 is 9.84 Å². The lowest BCUT2D eigenvalue weighted by molar-refractivity contribution is 0.599. The van der Waals surface area contributed by atoms with Crippen LogP contribution in [0.1, 0.15) is 30.3 Å². The van der Waals surface area contributed by atoms with Crippen molar-refractivity contribution in [2.75, 3.05) is 6.26 Å². The number of nitrogens with zero attached hydrogens (tertiary/aromatic N) is 1. The lowest BCUT2D eigenvalue weighted by Gasteiger charge is -2.03. The van der Waals surface area contributed by atoms with Gasteiger partial charge in [-0.15, -0.1) is 0 Å². The molecular weight excluding hydrogens is 232 g/mol.